The number of hydrogen-bond donors (Lipinski definition) is 1. The van der Waals surface area contributed by atoms with Gasteiger partial charge >= 0.3 is 0 Å². The molecule has 0 radical (unpaired) electrons. The number of hydrogen-bond acceptors (Lipinski definition) is 6. The molecule has 0 atom stereocenters. The molecular weight excluding hydrogens is 264 g/mol. The molecule has 3 rings (SSSR count). The van der Waals surface area contributed by atoms with E-state index in [4.69, 9.17) is 11.0 Å². The van der Waals surface area contributed by atoms with Gasteiger partial charge in [-0.05, 0) is 35.7 Å². The molecule has 0 saturated heterocycles. The minimum Gasteiger partial charge on any atom is -0.382 e. The van der Waals surface area contributed by atoms with Crippen LogP contribution in [-0.2, 0) is 0 Å². The third kappa shape index (κ3) is 2.32. The molecule has 2 aromatic heterocycles. The molecule has 2 heterocycles. The zero-order chi connectivity index (χ0) is 14.8. The number of aromatic nitrogens is 3. The van der Waals surface area contributed by atoms with Crippen molar-refractivity contribution >= 4 is 28.2 Å². The van der Waals surface area contributed by atoms with Crippen molar-refractivity contribution in [1.82, 2.24) is 15.2 Å². The van der Waals surface area contributed by atoms with E-state index in [0.717, 1.165) is 10.8 Å². The van der Waals surface area contributed by atoms with Gasteiger partial charge in [0.25, 0.3) is 0 Å². The SMILES string of the molecule is CN(c1ccc(N)nn1)c1nccc2ccc(C#N)cc12. The number of nitriles is 1. The van der Waals surface area contributed by atoms with Crippen LogP contribution in [0.5, 0.6) is 0 Å². The van der Waals surface area contributed by atoms with Crippen molar-refractivity contribution in [3.63, 3.8) is 0 Å². The first-order valence-corrected chi connectivity index (χ1v) is 6.31. The Balaban J connectivity index is 2.15. The summed E-state index contributed by atoms with van der Waals surface area (Å²) in [6.45, 7) is 0. The summed E-state index contributed by atoms with van der Waals surface area (Å²) in [7, 11) is 1.85. The van der Waals surface area contributed by atoms with Crippen molar-refractivity contribution < 1.29 is 0 Å². The summed E-state index contributed by atoms with van der Waals surface area (Å²) >= 11 is 0. The highest BCUT2D eigenvalue weighted by molar-refractivity contribution is 5.94. The largest absolute Gasteiger partial charge is 0.382 e. The van der Waals surface area contributed by atoms with E-state index in [1.54, 1.807) is 24.4 Å². The maximum atomic E-state index is 9.05. The van der Waals surface area contributed by atoms with Crippen molar-refractivity contribution in [3.8, 4) is 6.07 Å². The van der Waals surface area contributed by atoms with Gasteiger partial charge in [0.1, 0.15) is 11.6 Å². The summed E-state index contributed by atoms with van der Waals surface area (Å²) in [5.41, 5.74) is 6.14. The molecule has 21 heavy (non-hydrogen) atoms. The fourth-order valence-corrected chi connectivity index (χ4v) is 2.11. The van der Waals surface area contributed by atoms with Gasteiger partial charge in [0.15, 0.2) is 5.82 Å². The average molecular weight is 276 g/mol. The molecule has 0 amide bonds. The fourth-order valence-electron chi connectivity index (χ4n) is 2.11. The van der Waals surface area contributed by atoms with Gasteiger partial charge < -0.3 is 10.6 Å². The first kappa shape index (κ1) is 12.8. The molecule has 0 aliphatic rings. The molecule has 6 nitrogen and oxygen atoms in total. The Kier molecular flexibility index (Phi) is 3.09. The third-order valence-corrected chi connectivity index (χ3v) is 3.21. The Morgan fingerprint density at radius 1 is 1.14 bits per heavy atom. The second-order valence-corrected chi connectivity index (χ2v) is 4.56. The Bertz CT molecular complexity index is 835. The van der Waals surface area contributed by atoms with E-state index in [9.17, 15) is 0 Å². The number of nitrogens with zero attached hydrogens (tertiary/aromatic N) is 5. The quantitative estimate of drug-likeness (QED) is 0.771. The molecule has 0 aliphatic carbocycles. The predicted molar refractivity (Wildman–Crippen MR) is 81.0 cm³/mol. The average Bonchev–Trinajstić information content (AvgIpc) is 2.54. The maximum Gasteiger partial charge on any atom is 0.156 e. The first-order chi connectivity index (χ1) is 10.2. The van der Waals surface area contributed by atoms with Gasteiger partial charge in [0.05, 0.1) is 11.6 Å². The Hall–Kier alpha value is -3.20. The summed E-state index contributed by atoms with van der Waals surface area (Å²) in [5.74, 6) is 1.71. The van der Waals surface area contributed by atoms with Crippen LogP contribution in [-0.4, -0.2) is 22.2 Å². The second kappa shape index (κ2) is 5.06. The van der Waals surface area contributed by atoms with Gasteiger partial charge in [-0.15, -0.1) is 10.2 Å². The standard InChI is InChI=1S/C15H12N6/c1-21(14-5-4-13(17)19-20-14)15-12-8-10(9-16)2-3-11(12)6-7-18-15/h2-8H,1H3,(H2,17,19). The van der Waals surface area contributed by atoms with E-state index in [2.05, 4.69) is 21.3 Å². The second-order valence-electron chi connectivity index (χ2n) is 4.56. The van der Waals surface area contributed by atoms with Gasteiger partial charge in [-0.25, -0.2) is 4.98 Å². The number of rotatable bonds is 2. The Morgan fingerprint density at radius 2 is 2.00 bits per heavy atom. The van der Waals surface area contributed by atoms with Crippen LogP contribution in [0, 0.1) is 11.3 Å². The van der Waals surface area contributed by atoms with Crippen LogP contribution in [0.4, 0.5) is 17.5 Å². The highest BCUT2D eigenvalue weighted by atomic mass is 15.3. The number of anilines is 3. The van der Waals surface area contributed by atoms with Crippen LogP contribution >= 0.6 is 0 Å². The highest BCUT2D eigenvalue weighted by Crippen LogP contribution is 2.28. The molecule has 0 bridgehead atoms. The minimum absolute atomic E-state index is 0.366. The Morgan fingerprint density at radius 3 is 2.71 bits per heavy atom. The molecule has 0 spiro atoms. The number of pyridine rings is 1. The van der Waals surface area contributed by atoms with Crippen molar-refractivity contribution in [3.05, 3.63) is 48.2 Å². The topological polar surface area (TPSA) is 91.7 Å². The molecular formula is C15H12N6. The van der Waals surface area contributed by atoms with E-state index in [1.165, 1.54) is 0 Å². The highest BCUT2D eigenvalue weighted by Gasteiger charge is 2.11. The van der Waals surface area contributed by atoms with Crippen LogP contribution in [0.3, 0.4) is 0 Å². The molecule has 0 aliphatic heterocycles. The summed E-state index contributed by atoms with van der Waals surface area (Å²) < 4.78 is 0. The lowest BCUT2D eigenvalue weighted by molar-refractivity contribution is 0.986. The zero-order valence-electron chi connectivity index (χ0n) is 11.4. The summed E-state index contributed by atoms with van der Waals surface area (Å²) in [6.07, 6.45) is 1.73. The lowest BCUT2D eigenvalue weighted by Crippen LogP contribution is -2.14. The number of benzene rings is 1. The van der Waals surface area contributed by atoms with Crippen LogP contribution in [0.25, 0.3) is 10.8 Å². The molecule has 0 fully saturated rings. The number of fused-ring (bicyclic) bond motifs is 1. The summed E-state index contributed by atoms with van der Waals surface area (Å²) in [4.78, 5) is 6.21. The van der Waals surface area contributed by atoms with Crippen LogP contribution in [0.15, 0.2) is 42.6 Å². The zero-order valence-corrected chi connectivity index (χ0v) is 11.4. The Labute approximate surface area is 121 Å². The summed E-state index contributed by atoms with van der Waals surface area (Å²) in [6, 6.07) is 13.0. The van der Waals surface area contributed by atoms with Crippen molar-refractivity contribution in [2.45, 2.75) is 0 Å². The lowest BCUT2D eigenvalue weighted by atomic mass is 10.1. The smallest absolute Gasteiger partial charge is 0.156 e. The van der Waals surface area contributed by atoms with Crippen LogP contribution < -0.4 is 10.6 Å². The molecule has 0 saturated carbocycles. The van der Waals surface area contributed by atoms with Gasteiger partial charge in [0.2, 0.25) is 0 Å². The number of nitrogen functional groups attached to an aromatic ring is 1. The molecule has 2 N–H and O–H groups in total. The van der Waals surface area contributed by atoms with Gasteiger partial charge in [-0.1, -0.05) is 6.07 Å². The minimum atomic E-state index is 0.366. The van der Waals surface area contributed by atoms with Crippen molar-refractivity contribution in [2.75, 3.05) is 17.7 Å². The first-order valence-electron chi connectivity index (χ1n) is 6.31. The molecule has 1 aromatic carbocycles. The van der Waals surface area contributed by atoms with Gasteiger partial charge in [-0.3, -0.25) is 0 Å². The molecule has 0 unspecified atom stereocenters. The van der Waals surface area contributed by atoms with Crippen LogP contribution in [0.2, 0.25) is 0 Å². The van der Waals surface area contributed by atoms with E-state index in [1.807, 2.05) is 30.1 Å². The molecule has 3 aromatic rings. The fraction of sp³-hybridized carbons (Fsp3) is 0.0667. The van der Waals surface area contributed by atoms with E-state index < -0.39 is 0 Å². The lowest BCUT2D eigenvalue weighted by Gasteiger charge is -2.18. The van der Waals surface area contributed by atoms with Crippen molar-refractivity contribution in [2.24, 2.45) is 0 Å². The molecule has 102 valence electrons. The summed E-state index contributed by atoms with van der Waals surface area (Å²) in [5, 5.41) is 18.8. The van der Waals surface area contributed by atoms with Gasteiger partial charge in [0, 0.05) is 18.6 Å². The van der Waals surface area contributed by atoms with Crippen LogP contribution in [0.1, 0.15) is 5.56 Å². The van der Waals surface area contributed by atoms with Gasteiger partial charge in [-0.2, -0.15) is 5.26 Å². The third-order valence-electron chi connectivity index (χ3n) is 3.21. The van der Waals surface area contributed by atoms with E-state index in [0.29, 0.717) is 23.0 Å². The number of nitrogens with two attached hydrogens (primary N) is 1. The van der Waals surface area contributed by atoms with Crippen molar-refractivity contribution in [1.29, 1.82) is 5.26 Å². The van der Waals surface area contributed by atoms with E-state index in [-0.39, 0.29) is 0 Å². The maximum absolute atomic E-state index is 9.05. The van der Waals surface area contributed by atoms with E-state index >= 15 is 0 Å². The predicted octanol–water partition coefficient (Wildman–Crippen LogP) is 2.25. The molecule has 6 heteroatoms. The normalized spacial score (nSPS) is 10.3. The monoisotopic (exact) mass is 276 g/mol.